The highest BCUT2D eigenvalue weighted by Gasteiger charge is 2.16. The molecule has 0 aliphatic rings. The van der Waals surface area contributed by atoms with Crippen LogP contribution in [-0.4, -0.2) is 14.9 Å². The molecule has 1 heterocycles. The number of halogens is 1. The van der Waals surface area contributed by atoms with Crippen LogP contribution < -0.4 is 4.74 Å². The molecular weight excluding hydrogens is 235 g/mol. The van der Waals surface area contributed by atoms with Crippen LogP contribution in [0.2, 0.25) is 0 Å². The summed E-state index contributed by atoms with van der Waals surface area (Å²) < 4.78 is 20.9. The number of ether oxygens (including phenoxy) is 1. The van der Waals surface area contributed by atoms with E-state index in [0.717, 1.165) is 0 Å². The third kappa shape index (κ3) is 2.09. The topological polar surface area (TPSA) is 47.3 Å². The van der Waals surface area contributed by atoms with E-state index in [1.165, 1.54) is 4.68 Å². The van der Waals surface area contributed by atoms with Gasteiger partial charge in [0.15, 0.2) is 11.6 Å². The molecule has 2 aromatic rings. The number of hydrogen-bond acceptors (Lipinski definition) is 3. The van der Waals surface area contributed by atoms with E-state index in [0.29, 0.717) is 22.7 Å². The zero-order valence-corrected chi connectivity index (χ0v) is 10.6. The molecule has 4 nitrogen and oxygen atoms in total. The van der Waals surface area contributed by atoms with Gasteiger partial charge in [-0.2, -0.15) is 5.10 Å². The number of aryl methyl sites for hydroxylation is 3. The SMILES string of the molecule is Cc1cccc(Oc2c(CO)c(C)nn2C)c1F. The molecule has 1 aromatic heterocycles. The van der Waals surface area contributed by atoms with Gasteiger partial charge >= 0.3 is 0 Å². The van der Waals surface area contributed by atoms with E-state index < -0.39 is 5.82 Å². The Balaban J connectivity index is 2.43. The first-order valence-electron chi connectivity index (χ1n) is 5.61. The average Bonchev–Trinajstić information content (AvgIpc) is 2.59. The molecule has 5 heteroatoms. The van der Waals surface area contributed by atoms with Crippen molar-refractivity contribution in [2.24, 2.45) is 7.05 Å². The molecule has 18 heavy (non-hydrogen) atoms. The zero-order chi connectivity index (χ0) is 13.3. The predicted octanol–water partition coefficient (Wildman–Crippen LogP) is 2.46. The van der Waals surface area contributed by atoms with E-state index >= 15 is 0 Å². The van der Waals surface area contributed by atoms with Crippen LogP contribution >= 0.6 is 0 Å². The minimum absolute atomic E-state index is 0.132. The van der Waals surface area contributed by atoms with Gasteiger partial charge in [0.05, 0.1) is 17.9 Å². The van der Waals surface area contributed by atoms with Crippen molar-refractivity contribution in [2.45, 2.75) is 20.5 Å². The summed E-state index contributed by atoms with van der Waals surface area (Å²) in [6.07, 6.45) is 0. The Kier molecular flexibility index (Phi) is 3.34. The van der Waals surface area contributed by atoms with Gasteiger partial charge in [-0.15, -0.1) is 0 Å². The van der Waals surface area contributed by atoms with Gasteiger partial charge in [-0.1, -0.05) is 12.1 Å². The van der Waals surface area contributed by atoms with Gasteiger partial charge in [-0.25, -0.2) is 9.07 Å². The first-order chi connectivity index (χ1) is 8.54. The molecule has 0 bridgehead atoms. The van der Waals surface area contributed by atoms with E-state index in [4.69, 9.17) is 4.74 Å². The second-order valence-corrected chi connectivity index (χ2v) is 4.14. The molecular formula is C13H15FN2O2. The van der Waals surface area contributed by atoms with Crippen molar-refractivity contribution in [3.63, 3.8) is 0 Å². The lowest BCUT2D eigenvalue weighted by molar-refractivity contribution is 0.273. The molecule has 0 aliphatic heterocycles. The number of aromatic nitrogens is 2. The van der Waals surface area contributed by atoms with Crippen molar-refractivity contribution in [2.75, 3.05) is 0 Å². The lowest BCUT2D eigenvalue weighted by Crippen LogP contribution is -1.99. The maximum absolute atomic E-state index is 13.8. The summed E-state index contributed by atoms with van der Waals surface area (Å²) in [7, 11) is 1.69. The van der Waals surface area contributed by atoms with Gasteiger partial charge in [0.2, 0.25) is 5.88 Å². The van der Waals surface area contributed by atoms with Crippen LogP contribution in [-0.2, 0) is 13.7 Å². The number of rotatable bonds is 3. The molecule has 0 unspecified atom stereocenters. The van der Waals surface area contributed by atoms with Gasteiger partial charge in [0.1, 0.15) is 0 Å². The van der Waals surface area contributed by atoms with Crippen molar-refractivity contribution in [1.29, 1.82) is 0 Å². The molecule has 0 aliphatic carbocycles. The molecule has 0 spiro atoms. The van der Waals surface area contributed by atoms with Crippen molar-refractivity contribution < 1.29 is 14.2 Å². The smallest absolute Gasteiger partial charge is 0.223 e. The van der Waals surface area contributed by atoms with Gasteiger partial charge in [-0.05, 0) is 25.5 Å². The third-order valence-corrected chi connectivity index (χ3v) is 2.81. The van der Waals surface area contributed by atoms with Gasteiger partial charge < -0.3 is 9.84 Å². The highest BCUT2D eigenvalue weighted by Crippen LogP contribution is 2.29. The first-order valence-corrected chi connectivity index (χ1v) is 5.61. The molecule has 0 atom stereocenters. The van der Waals surface area contributed by atoms with E-state index in [1.807, 2.05) is 0 Å². The summed E-state index contributed by atoms with van der Waals surface area (Å²) in [5.74, 6) is 0.0902. The second-order valence-electron chi connectivity index (χ2n) is 4.14. The number of hydrogen-bond donors (Lipinski definition) is 1. The molecule has 1 N–H and O–H groups in total. The molecule has 0 radical (unpaired) electrons. The maximum Gasteiger partial charge on any atom is 0.223 e. The second kappa shape index (κ2) is 4.78. The van der Waals surface area contributed by atoms with Crippen LogP contribution in [0, 0.1) is 19.7 Å². The van der Waals surface area contributed by atoms with Gasteiger partial charge in [-0.3, -0.25) is 0 Å². The van der Waals surface area contributed by atoms with Crippen molar-refractivity contribution in [3.8, 4) is 11.6 Å². The fraction of sp³-hybridized carbons (Fsp3) is 0.308. The Morgan fingerprint density at radius 2 is 2.11 bits per heavy atom. The predicted molar refractivity (Wildman–Crippen MR) is 65.1 cm³/mol. The van der Waals surface area contributed by atoms with Crippen LogP contribution in [0.3, 0.4) is 0 Å². The van der Waals surface area contributed by atoms with Crippen LogP contribution in [0.1, 0.15) is 16.8 Å². The van der Waals surface area contributed by atoms with Crippen molar-refractivity contribution >= 4 is 0 Å². The summed E-state index contributed by atoms with van der Waals surface area (Å²) in [6.45, 7) is 3.25. The highest BCUT2D eigenvalue weighted by molar-refractivity contribution is 5.37. The Morgan fingerprint density at radius 1 is 1.39 bits per heavy atom. The Labute approximate surface area is 105 Å². The average molecular weight is 250 g/mol. The summed E-state index contributed by atoms with van der Waals surface area (Å²) in [5, 5.41) is 13.4. The summed E-state index contributed by atoms with van der Waals surface area (Å²) in [6, 6.07) is 4.94. The van der Waals surface area contributed by atoms with Crippen LogP contribution in [0.4, 0.5) is 4.39 Å². The van der Waals surface area contributed by atoms with E-state index in [9.17, 15) is 9.50 Å². The minimum Gasteiger partial charge on any atom is -0.436 e. The lowest BCUT2D eigenvalue weighted by Gasteiger charge is -2.09. The monoisotopic (exact) mass is 250 g/mol. The van der Waals surface area contributed by atoms with E-state index in [-0.39, 0.29) is 12.4 Å². The van der Waals surface area contributed by atoms with Gasteiger partial charge in [0.25, 0.3) is 0 Å². The molecule has 96 valence electrons. The third-order valence-electron chi connectivity index (χ3n) is 2.81. The van der Waals surface area contributed by atoms with Gasteiger partial charge in [0, 0.05) is 7.05 Å². The lowest BCUT2D eigenvalue weighted by atomic mass is 10.2. The zero-order valence-electron chi connectivity index (χ0n) is 10.6. The van der Waals surface area contributed by atoms with Crippen molar-refractivity contribution in [3.05, 3.63) is 40.8 Å². The Bertz CT molecular complexity index is 579. The molecule has 1 aromatic carbocycles. The maximum atomic E-state index is 13.8. The van der Waals surface area contributed by atoms with Crippen molar-refractivity contribution in [1.82, 2.24) is 9.78 Å². The number of aliphatic hydroxyl groups excluding tert-OH is 1. The highest BCUT2D eigenvalue weighted by atomic mass is 19.1. The number of aliphatic hydroxyl groups is 1. The molecule has 0 amide bonds. The summed E-state index contributed by atoms with van der Waals surface area (Å²) >= 11 is 0. The fourth-order valence-corrected chi connectivity index (χ4v) is 1.79. The normalized spacial score (nSPS) is 10.7. The molecule has 2 rings (SSSR count). The first kappa shape index (κ1) is 12.6. The van der Waals surface area contributed by atoms with E-state index in [1.54, 1.807) is 39.1 Å². The summed E-state index contributed by atoms with van der Waals surface area (Å²) in [5.41, 5.74) is 1.75. The standard InChI is InChI=1S/C13H15FN2O2/c1-8-5-4-6-11(12(8)14)18-13-10(7-17)9(2)15-16(13)3/h4-6,17H,7H2,1-3H3. The van der Waals surface area contributed by atoms with E-state index in [2.05, 4.69) is 5.10 Å². The largest absolute Gasteiger partial charge is 0.436 e. The number of nitrogens with zero attached hydrogens (tertiary/aromatic N) is 2. The van der Waals surface area contributed by atoms with Crippen LogP contribution in [0.25, 0.3) is 0 Å². The minimum atomic E-state index is -0.403. The molecule has 0 saturated heterocycles. The molecule has 0 saturated carbocycles. The fourth-order valence-electron chi connectivity index (χ4n) is 1.79. The number of benzene rings is 1. The summed E-state index contributed by atoms with van der Waals surface area (Å²) in [4.78, 5) is 0. The van der Waals surface area contributed by atoms with Crippen LogP contribution in [0.5, 0.6) is 11.6 Å². The quantitative estimate of drug-likeness (QED) is 0.910. The Morgan fingerprint density at radius 3 is 2.78 bits per heavy atom. The van der Waals surface area contributed by atoms with Crippen LogP contribution in [0.15, 0.2) is 18.2 Å². The Hall–Kier alpha value is -1.88. The molecule has 0 fully saturated rings.